The average molecular weight is 431 g/mol. The monoisotopic (exact) mass is 431 g/mol. The molecule has 4 aromatic rings. The van der Waals surface area contributed by atoms with Gasteiger partial charge in [-0.1, -0.05) is 19.1 Å². The normalized spacial score (nSPS) is 10.7. The molecule has 0 unspecified atom stereocenters. The Kier molecular flexibility index (Phi) is 6.26. The van der Waals surface area contributed by atoms with Crippen LogP contribution in [0.1, 0.15) is 13.3 Å². The quantitative estimate of drug-likeness (QED) is 0.391. The van der Waals surface area contributed by atoms with E-state index in [9.17, 15) is 4.79 Å². The summed E-state index contributed by atoms with van der Waals surface area (Å²) in [5.74, 6) is 2.59. The maximum atomic E-state index is 11.9. The largest absolute Gasteiger partial charge is 0.493 e. The van der Waals surface area contributed by atoms with Gasteiger partial charge in [0.25, 0.3) is 0 Å². The van der Waals surface area contributed by atoms with Crippen LogP contribution in [0.25, 0.3) is 21.7 Å². The lowest BCUT2D eigenvalue weighted by Crippen LogP contribution is -2.29. The van der Waals surface area contributed by atoms with Crippen LogP contribution in [0.2, 0.25) is 0 Å². The highest BCUT2D eigenvalue weighted by molar-refractivity contribution is 5.94. The number of anilines is 1. The molecular formula is C25H25N3O4. The van der Waals surface area contributed by atoms with Crippen molar-refractivity contribution in [1.82, 2.24) is 10.3 Å². The molecule has 7 nitrogen and oxygen atoms in total. The van der Waals surface area contributed by atoms with Crippen LogP contribution in [-0.2, 0) is 0 Å². The van der Waals surface area contributed by atoms with E-state index in [1.165, 1.54) is 0 Å². The minimum absolute atomic E-state index is 0.206. The van der Waals surface area contributed by atoms with E-state index in [1.54, 1.807) is 20.4 Å². The van der Waals surface area contributed by atoms with Crippen molar-refractivity contribution in [2.45, 2.75) is 13.3 Å². The number of nitrogens with one attached hydrogen (secondary N) is 2. The van der Waals surface area contributed by atoms with E-state index in [1.807, 2.05) is 61.5 Å². The molecular weight excluding hydrogens is 406 g/mol. The van der Waals surface area contributed by atoms with Crippen molar-refractivity contribution < 1.29 is 19.0 Å². The summed E-state index contributed by atoms with van der Waals surface area (Å²) in [6.45, 7) is 2.65. The molecule has 2 amide bonds. The van der Waals surface area contributed by atoms with Gasteiger partial charge in [0.1, 0.15) is 11.5 Å². The van der Waals surface area contributed by atoms with Crippen molar-refractivity contribution in [2.75, 3.05) is 26.1 Å². The van der Waals surface area contributed by atoms with Gasteiger partial charge >= 0.3 is 6.03 Å². The first-order valence-electron chi connectivity index (χ1n) is 10.4. The van der Waals surface area contributed by atoms with Crippen LogP contribution in [0, 0.1) is 0 Å². The highest BCUT2D eigenvalue weighted by Gasteiger charge is 2.12. The topological polar surface area (TPSA) is 81.7 Å². The molecule has 0 saturated heterocycles. The molecule has 1 heterocycles. The van der Waals surface area contributed by atoms with Gasteiger partial charge in [-0.3, -0.25) is 4.98 Å². The summed E-state index contributed by atoms with van der Waals surface area (Å²) in [4.78, 5) is 16.3. The molecule has 7 heteroatoms. The lowest BCUT2D eigenvalue weighted by molar-refractivity contribution is 0.252. The Morgan fingerprint density at radius 3 is 2.44 bits per heavy atom. The minimum Gasteiger partial charge on any atom is -0.493 e. The van der Waals surface area contributed by atoms with Crippen LogP contribution < -0.4 is 24.8 Å². The van der Waals surface area contributed by atoms with Crippen LogP contribution in [0.3, 0.4) is 0 Å². The maximum Gasteiger partial charge on any atom is 0.319 e. The molecule has 0 spiro atoms. The number of carbonyl (C=O) groups is 1. The maximum absolute atomic E-state index is 11.9. The Balaban J connectivity index is 1.60. The summed E-state index contributed by atoms with van der Waals surface area (Å²) in [5, 5.41) is 8.48. The molecule has 0 radical (unpaired) electrons. The number of amides is 2. The third-order valence-electron chi connectivity index (χ3n) is 5.04. The Labute approximate surface area is 186 Å². The van der Waals surface area contributed by atoms with E-state index in [4.69, 9.17) is 14.2 Å². The molecule has 3 aromatic carbocycles. The number of ether oxygens (including phenoxy) is 3. The Hall–Kier alpha value is -4.00. The fourth-order valence-corrected chi connectivity index (χ4v) is 3.44. The van der Waals surface area contributed by atoms with Gasteiger partial charge in [0.05, 0.1) is 19.7 Å². The lowest BCUT2D eigenvalue weighted by atomic mass is 10.1. The highest BCUT2D eigenvalue weighted by Crippen LogP contribution is 2.37. The molecule has 0 saturated carbocycles. The first kappa shape index (κ1) is 21.2. The van der Waals surface area contributed by atoms with E-state index >= 15 is 0 Å². The van der Waals surface area contributed by atoms with E-state index in [0.717, 1.165) is 33.8 Å². The van der Waals surface area contributed by atoms with Gasteiger partial charge in [-0.05, 0) is 53.6 Å². The third kappa shape index (κ3) is 4.51. The van der Waals surface area contributed by atoms with Crippen LogP contribution in [-0.4, -0.2) is 31.8 Å². The highest BCUT2D eigenvalue weighted by atomic mass is 16.5. The Morgan fingerprint density at radius 1 is 0.906 bits per heavy atom. The molecule has 32 heavy (non-hydrogen) atoms. The molecule has 0 bridgehead atoms. The number of rotatable bonds is 7. The molecule has 0 aliphatic rings. The van der Waals surface area contributed by atoms with Crippen molar-refractivity contribution in [2.24, 2.45) is 0 Å². The molecule has 2 N–H and O–H groups in total. The summed E-state index contributed by atoms with van der Waals surface area (Å²) >= 11 is 0. The summed E-state index contributed by atoms with van der Waals surface area (Å²) in [6.07, 6.45) is 2.59. The summed E-state index contributed by atoms with van der Waals surface area (Å²) in [7, 11) is 3.19. The average Bonchev–Trinajstić information content (AvgIpc) is 2.82. The van der Waals surface area contributed by atoms with Crippen LogP contribution in [0.5, 0.6) is 23.0 Å². The number of urea groups is 1. The van der Waals surface area contributed by atoms with Gasteiger partial charge in [0, 0.05) is 29.9 Å². The molecule has 0 atom stereocenters. The van der Waals surface area contributed by atoms with E-state index in [2.05, 4.69) is 15.6 Å². The van der Waals surface area contributed by atoms with Gasteiger partial charge in [-0.2, -0.15) is 0 Å². The summed E-state index contributed by atoms with van der Waals surface area (Å²) < 4.78 is 17.0. The van der Waals surface area contributed by atoms with Gasteiger partial charge < -0.3 is 24.8 Å². The zero-order valence-corrected chi connectivity index (χ0v) is 18.3. The lowest BCUT2D eigenvalue weighted by Gasteiger charge is -2.13. The first-order valence-corrected chi connectivity index (χ1v) is 10.4. The van der Waals surface area contributed by atoms with Gasteiger partial charge in [-0.15, -0.1) is 0 Å². The van der Waals surface area contributed by atoms with Crippen LogP contribution >= 0.6 is 0 Å². The zero-order valence-electron chi connectivity index (χ0n) is 18.3. The smallest absolute Gasteiger partial charge is 0.319 e. The van der Waals surface area contributed by atoms with Gasteiger partial charge in [0.2, 0.25) is 0 Å². The number of pyridine rings is 1. The fourth-order valence-electron chi connectivity index (χ4n) is 3.44. The number of aromatic nitrogens is 1. The van der Waals surface area contributed by atoms with Crippen molar-refractivity contribution in [1.29, 1.82) is 0 Å². The van der Waals surface area contributed by atoms with Crippen LogP contribution in [0.15, 0.2) is 60.8 Å². The molecule has 4 rings (SSSR count). The fraction of sp³-hybridized carbons (Fsp3) is 0.200. The van der Waals surface area contributed by atoms with E-state index in [0.29, 0.717) is 29.5 Å². The SMILES string of the molecule is CCCNC(=O)Nc1ccc2cc(Oc3ccnc4cc(OC)c(OC)cc34)ccc2c1. The van der Waals surface area contributed by atoms with Gasteiger partial charge in [-0.25, -0.2) is 4.79 Å². The van der Waals surface area contributed by atoms with Crippen LogP contribution in [0.4, 0.5) is 10.5 Å². The van der Waals surface area contributed by atoms with Crippen molar-refractivity contribution in [3.05, 3.63) is 60.8 Å². The molecule has 164 valence electrons. The van der Waals surface area contributed by atoms with Crippen molar-refractivity contribution in [3.63, 3.8) is 0 Å². The van der Waals surface area contributed by atoms with E-state index in [-0.39, 0.29) is 6.03 Å². The van der Waals surface area contributed by atoms with Crippen molar-refractivity contribution in [3.8, 4) is 23.0 Å². The Morgan fingerprint density at radius 2 is 1.66 bits per heavy atom. The number of methoxy groups -OCH3 is 2. The van der Waals surface area contributed by atoms with Crippen molar-refractivity contribution >= 4 is 33.4 Å². The second kappa shape index (κ2) is 9.43. The second-order valence-electron chi connectivity index (χ2n) is 7.24. The molecule has 0 fully saturated rings. The minimum atomic E-state index is -0.206. The predicted octanol–water partition coefficient (Wildman–Crippen LogP) is 5.73. The summed E-state index contributed by atoms with van der Waals surface area (Å²) in [5.41, 5.74) is 1.49. The Bertz CT molecular complexity index is 1270. The number of hydrogen-bond acceptors (Lipinski definition) is 5. The molecule has 0 aliphatic carbocycles. The standard InChI is InChI=1S/C25H25N3O4/c1-4-10-27-25(29)28-18-7-5-17-13-19(8-6-16(17)12-18)32-22-9-11-26-21-15-24(31-3)23(30-2)14-20(21)22/h5-9,11-15H,4,10H2,1-3H3,(H2,27,28,29). The number of carbonyl (C=O) groups excluding carboxylic acids is 1. The molecule has 0 aliphatic heterocycles. The number of fused-ring (bicyclic) bond motifs is 2. The first-order chi connectivity index (χ1) is 15.6. The van der Waals surface area contributed by atoms with Gasteiger partial charge in [0.15, 0.2) is 11.5 Å². The molecule has 1 aromatic heterocycles. The predicted molar refractivity (Wildman–Crippen MR) is 126 cm³/mol. The second-order valence-corrected chi connectivity index (χ2v) is 7.24. The van der Waals surface area contributed by atoms with E-state index < -0.39 is 0 Å². The number of nitrogens with zero attached hydrogens (tertiary/aromatic N) is 1. The number of hydrogen-bond donors (Lipinski definition) is 2. The zero-order chi connectivity index (χ0) is 22.5. The number of benzene rings is 3. The summed E-state index contributed by atoms with van der Waals surface area (Å²) in [6, 6.07) is 16.9. The third-order valence-corrected chi connectivity index (χ3v) is 5.04.